The number of rotatable bonds is 6. The van der Waals surface area contributed by atoms with Crippen LogP contribution in [0.15, 0.2) is 73.5 Å². The van der Waals surface area contributed by atoms with Gasteiger partial charge in [0, 0.05) is 37.3 Å². The molecule has 2 aromatic heterocycles. The van der Waals surface area contributed by atoms with Gasteiger partial charge in [0.25, 0.3) is 15.6 Å². The molecule has 1 saturated heterocycles. The largest absolute Gasteiger partial charge is 0.340 e. The van der Waals surface area contributed by atoms with Crippen LogP contribution in [0.1, 0.15) is 23.6 Å². The Balaban J connectivity index is 1.42. The van der Waals surface area contributed by atoms with E-state index >= 15 is 0 Å². The number of halogens is 1. The van der Waals surface area contributed by atoms with Gasteiger partial charge in [-0.25, -0.2) is 8.42 Å². The van der Waals surface area contributed by atoms with Crippen LogP contribution >= 0.6 is 27.3 Å². The van der Waals surface area contributed by atoms with Crippen molar-refractivity contribution in [2.75, 3.05) is 13.1 Å². The quantitative estimate of drug-likeness (QED) is 0.500. The Bertz CT molecular complexity index is 1370. The average Bonchev–Trinajstić information content (AvgIpc) is 3.27. The standard InChI is InChI=1S/C24H24BrN3O4S2/c25-21-9-10-23(33-21)34(31,32)26-19(12-16-5-2-1-3-6-16)24(30)27-13-17-11-18(15-27)20-7-4-8-22(29)28(20)14-17/h1-10,17-19,26H,11-15H2. The number of likely N-dealkylation sites (tertiary alicyclic amines) is 1. The van der Waals surface area contributed by atoms with Gasteiger partial charge in [0.2, 0.25) is 5.91 Å². The minimum Gasteiger partial charge on any atom is -0.340 e. The van der Waals surface area contributed by atoms with Gasteiger partial charge >= 0.3 is 0 Å². The first-order valence-corrected chi connectivity index (χ1v) is 14.2. The predicted octanol–water partition coefficient (Wildman–Crippen LogP) is 3.21. The molecule has 2 aliphatic rings. The predicted molar refractivity (Wildman–Crippen MR) is 134 cm³/mol. The Hall–Kier alpha value is -2.27. The summed E-state index contributed by atoms with van der Waals surface area (Å²) in [5.41, 5.74) is 1.82. The van der Waals surface area contributed by atoms with Crippen LogP contribution in [0.25, 0.3) is 0 Å². The Morgan fingerprint density at radius 2 is 1.85 bits per heavy atom. The molecule has 3 atom stereocenters. The summed E-state index contributed by atoms with van der Waals surface area (Å²) in [7, 11) is -3.87. The SMILES string of the molecule is O=C(C(Cc1ccccc1)NS(=O)(=O)c1ccc(Br)s1)N1CC2CC(C1)c1cccc(=O)n1C2. The fourth-order valence-electron chi connectivity index (χ4n) is 5.01. The van der Waals surface area contributed by atoms with E-state index < -0.39 is 16.1 Å². The minimum absolute atomic E-state index is 0.0104. The number of aromatic nitrogens is 1. The third-order valence-electron chi connectivity index (χ3n) is 6.48. The highest BCUT2D eigenvalue weighted by molar-refractivity contribution is 9.11. The number of nitrogens with one attached hydrogen (secondary N) is 1. The van der Waals surface area contributed by atoms with Crippen molar-refractivity contribution in [3.8, 4) is 0 Å². The third-order valence-corrected chi connectivity index (χ3v) is 10.1. The van der Waals surface area contributed by atoms with Crippen molar-refractivity contribution in [2.45, 2.75) is 35.6 Å². The van der Waals surface area contributed by atoms with Crippen LogP contribution in [-0.4, -0.2) is 42.9 Å². The number of thiophene rings is 1. The number of sulfonamides is 1. The molecule has 1 aromatic carbocycles. The number of piperidine rings is 1. The van der Waals surface area contributed by atoms with Crippen LogP contribution in [-0.2, 0) is 27.8 Å². The summed E-state index contributed by atoms with van der Waals surface area (Å²) in [5, 5.41) is 0. The first-order valence-electron chi connectivity index (χ1n) is 11.1. The second kappa shape index (κ2) is 9.41. The van der Waals surface area contributed by atoms with Crippen molar-refractivity contribution in [3.63, 3.8) is 0 Å². The maximum Gasteiger partial charge on any atom is 0.250 e. The molecule has 3 unspecified atom stereocenters. The topological polar surface area (TPSA) is 88.5 Å². The molecule has 4 heterocycles. The Kier molecular flexibility index (Phi) is 6.49. The normalized spacial score (nSPS) is 20.6. The summed E-state index contributed by atoms with van der Waals surface area (Å²) in [6, 6.07) is 17.0. The lowest BCUT2D eigenvalue weighted by Gasteiger charge is -2.43. The summed E-state index contributed by atoms with van der Waals surface area (Å²) in [6.45, 7) is 1.55. The van der Waals surface area contributed by atoms with Crippen LogP contribution in [0.2, 0.25) is 0 Å². The van der Waals surface area contributed by atoms with E-state index in [0.717, 1.165) is 29.0 Å². The van der Waals surface area contributed by atoms with Gasteiger partial charge in [-0.05, 0) is 58.5 Å². The molecule has 3 aromatic rings. The van der Waals surface area contributed by atoms with Crippen molar-refractivity contribution in [1.29, 1.82) is 0 Å². The van der Waals surface area contributed by atoms with Crippen LogP contribution in [0, 0.1) is 5.92 Å². The summed E-state index contributed by atoms with van der Waals surface area (Å²) >= 11 is 4.42. The van der Waals surface area contributed by atoms with Crippen LogP contribution in [0.5, 0.6) is 0 Å². The summed E-state index contributed by atoms with van der Waals surface area (Å²) in [6.07, 6.45) is 1.18. The lowest BCUT2D eigenvalue weighted by atomic mass is 9.83. The smallest absolute Gasteiger partial charge is 0.250 e. The first kappa shape index (κ1) is 23.5. The van der Waals surface area contributed by atoms with Gasteiger partial charge in [0.1, 0.15) is 10.3 Å². The van der Waals surface area contributed by atoms with Gasteiger partial charge in [0.15, 0.2) is 0 Å². The number of nitrogens with zero attached hydrogens (tertiary/aromatic N) is 2. The van der Waals surface area contributed by atoms with E-state index in [0.29, 0.717) is 23.4 Å². The van der Waals surface area contributed by atoms with Gasteiger partial charge in [-0.1, -0.05) is 36.4 Å². The zero-order valence-electron chi connectivity index (χ0n) is 18.3. The van der Waals surface area contributed by atoms with Gasteiger partial charge in [-0.3, -0.25) is 9.59 Å². The molecule has 2 bridgehead atoms. The zero-order valence-corrected chi connectivity index (χ0v) is 21.5. The molecule has 0 aliphatic carbocycles. The number of carbonyl (C=O) groups is 1. The van der Waals surface area contributed by atoms with Crippen LogP contribution in [0.3, 0.4) is 0 Å². The Morgan fingerprint density at radius 1 is 1.06 bits per heavy atom. The first-order chi connectivity index (χ1) is 16.3. The third kappa shape index (κ3) is 4.77. The molecule has 1 amide bonds. The summed E-state index contributed by atoms with van der Waals surface area (Å²) < 4.78 is 31.6. The molecule has 2 aliphatic heterocycles. The summed E-state index contributed by atoms with van der Waals surface area (Å²) in [4.78, 5) is 27.8. The summed E-state index contributed by atoms with van der Waals surface area (Å²) in [5.74, 6) is -0.00500. The average molecular weight is 563 g/mol. The van der Waals surface area contributed by atoms with E-state index in [1.54, 1.807) is 23.1 Å². The van der Waals surface area contributed by atoms with Crippen LogP contribution < -0.4 is 10.3 Å². The highest BCUT2D eigenvalue weighted by atomic mass is 79.9. The molecule has 5 rings (SSSR count). The van der Waals surface area contributed by atoms with Gasteiger partial charge in [-0.15, -0.1) is 11.3 Å². The van der Waals surface area contributed by atoms with Crippen molar-refractivity contribution in [3.05, 3.63) is 86.1 Å². The second-order valence-electron chi connectivity index (χ2n) is 8.86. The van der Waals surface area contributed by atoms with Crippen molar-refractivity contribution in [2.24, 2.45) is 5.92 Å². The van der Waals surface area contributed by atoms with Crippen molar-refractivity contribution < 1.29 is 13.2 Å². The van der Waals surface area contributed by atoms with E-state index in [1.807, 2.05) is 41.0 Å². The van der Waals surface area contributed by atoms with E-state index in [-0.39, 0.29) is 33.9 Å². The molecule has 34 heavy (non-hydrogen) atoms. The molecular weight excluding hydrogens is 538 g/mol. The fraction of sp³-hybridized carbons (Fsp3) is 0.333. The molecule has 7 nitrogen and oxygen atoms in total. The van der Waals surface area contributed by atoms with Gasteiger partial charge < -0.3 is 9.47 Å². The molecule has 1 N–H and O–H groups in total. The molecule has 178 valence electrons. The van der Waals surface area contributed by atoms with Crippen LogP contribution in [0.4, 0.5) is 0 Å². The van der Waals surface area contributed by atoms with Crippen molar-refractivity contribution in [1.82, 2.24) is 14.2 Å². The monoisotopic (exact) mass is 561 g/mol. The zero-order chi connectivity index (χ0) is 23.9. The number of benzene rings is 1. The Morgan fingerprint density at radius 3 is 2.59 bits per heavy atom. The molecule has 0 spiro atoms. The lowest BCUT2D eigenvalue weighted by molar-refractivity contribution is -0.135. The maximum absolute atomic E-state index is 13.8. The van der Waals surface area contributed by atoms with Gasteiger partial charge in [-0.2, -0.15) is 4.72 Å². The second-order valence-corrected chi connectivity index (χ2v) is 13.3. The Labute approximate surface area is 210 Å². The van der Waals surface area contributed by atoms with E-state index in [1.165, 1.54) is 6.07 Å². The fourth-order valence-corrected chi connectivity index (χ4v) is 8.23. The van der Waals surface area contributed by atoms with Crippen molar-refractivity contribution >= 4 is 43.2 Å². The van der Waals surface area contributed by atoms with E-state index in [9.17, 15) is 18.0 Å². The highest BCUT2D eigenvalue weighted by Crippen LogP contribution is 2.35. The maximum atomic E-state index is 13.8. The molecule has 0 radical (unpaired) electrons. The number of fused-ring (bicyclic) bond motifs is 4. The number of amides is 1. The number of hydrogen-bond donors (Lipinski definition) is 1. The van der Waals surface area contributed by atoms with E-state index in [2.05, 4.69) is 20.7 Å². The van der Waals surface area contributed by atoms with Gasteiger partial charge in [0.05, 0.1) is 3.79 Å². The van der Waals surface area contributed by atoms with E-state index in [4.69, 9.17) is 0 Å². The molecule has 1 fully saturated rings. The number of hydrogen-bond acceptors (Lipinski definition) is 5. The lowest BCUT2D eigenvalue weighted by Crippen LogP contribution is -2.55. The molecule has 10 heteroatoms. The number of carbonyl (C=O) groups excluding carboxylic acids is 1. The molecule has 0 saturated carbocycles. The highest BCUT2D eigenvalue weighted by Gasteiger charge is 2.39. The number of pyridine rings is 1. The minimum atomic E-state index is -3.87. The molecular formula is C24H24BrN3O4S2.